The van der Waals surface area contributed by atoms with E-state index in [-0.39, 0.29) is 16.7 Å². The summed E-state index contributed by atoms with van der Waals surface area (Å²) < 4.78 is 3.81. The van der Waals surface area contributed by atoms with Crippen LogP contribution in [0.3, 0.4) is 0 Å². The molecule has 0 aliphatic heterocycles. The number of hydrogen-bond acceptors (Lipinski definition) is 6. The lowest BCUT2D eigenvalue weighted by Crippen LogP contribution is -2.32. The Balaban J connectivity index is 2.47. The zero-order valence-electron chi connectivity index (χ0n) is 14.4. The third-order valence-electron chi connectivity index (χ3n) is 4.06. The van der Waals surface area contributed by atoms with E-state index >= 15 is 0 Å². The summed E-state index contributed by atoms with van der Waals surface area (Å²) in [4.78, 5) is 29.7. The van der Waals surface area contributed by atoms with Crippen molar-refractivity contribution in [1.82, 2.24) is 14.1 Å². The molecule has 9 heteroatoms. The Morgan fingerprint density at radius 1 is 1.38 bits per heavy atom. The summed E-state index contributed by atoms with van der Waals surface area (Å²) >= 11 is 8.38. The largest absolute Gasteiger partial charge is 0.480 e. The summed E-state index contributed by atoms with van der Waals surface area (Å²) in [5, 5.41) is 9.56. The van der Waals surface area contributed by atoms with E-state index in [0.717, 1.165) is 15.6 Å². The van der Waals surface area contributed by atoms with E-state index in [2.05, 4.69) is 4.98 Å². The standard InChI is InChI=1S/C17H17N3O3S3/c1-4-11(15(22)23)20-13(21)12-14(26-16(18-12)25-3)19(17(20)24)10-7-5-9(2)6-8-10/h5-8,11H,4H2,1-3H3,(H,22,23). The molecule has 1 unspecified atom stereocenters. The number of thiazole rings is 1. The minimum absolute atomic E-state index is 0.164. The van der Waals surface area contributed by atoms with Crippen molar-refractivity contribution >= 4 is 51.6 Å². The van der Waals surface area contributed by atoms with E-state index in [1.165, 1.54) is 27.7 Å². The lowest BCUT2D eigenvalue weighted by molar-refractivity contribution is -0.141. The average molecular weight is 408 g/mol. The van der Waals surface area contributed by atoms with Crippen LogP contribution in [0.15, 0.2) is 33.4 Å². The van der Waals surface area contributed by atoms with Gasteiger partial charge >= 0.3 is 5.97 Å². The van der Waals surface area contributed by atoms with Crippen LogP contribution >= 0.6 is 35.3 Å². The van der Waals surface area contributed by atoms with Gasteiger partial charge in [-0.2, -0.15) is 0 Å². The molecule has 1 aromatic carbocycles. The van der Waals surface area contributed by atoms with Gasteiger partial charge in [0.2, 0.25) is 0 Å². The maximum Gasteiger partial charge on any atom is 0.326 e. The van der Waals surface area contributed by atoms with Gasteiger partial charge in [-0.05, 0) is 44.0 Å². The predicted molar refractivity (Wildman–Crippen MR) is 108 cm³/mol. The first-order valence-electron chi connectivity index (χ1n) is 7.91. The number of hydrogen-bond donors (Lipinski definition) is 1. The molecule has 0 spiro atoms. The molecule has 1 N–H and O–H groups in total. The Morgan fingerprint density at radius 3 is 2.58 bits per heavy atom. The number of aromatic nitrogens is 3. The lowest BCUT2D eigenvalue weighted by atomic mass is 10.2. The quantitative estimate of drug-likeness (QED) is 0.508. The third-order valence-corrected chi connectivity index (χ3v) is 6.47. The minimum atomic E-state index is -1.09. The number of nitrogens with zero attached hydrogens (tertiary/aromatic N) is 3. The van der Waals surface area contributed by atoms with E-state index in [4.69, 9.17) is 12.2 Å². The van der Waals surface area contributed by atoms with Gasteiger partial charge in [0.1, 0.15) is 10.9 Å². The molecule has 2 aromatic heterocycles. The van der Waals surface area contributed by atoms with Crippen LogP contribution in [0.1, 0.15) is 24.9 Å². The topological polar surface area (TPSA) is 77.1 Å². The molecule has 0 saturated carbocycles. The Bertz CT molecular complexity index is 1100. The summed E-state index contributed by atoms with van der Waals surface area (Å²) in [6, 6.07) is 6.67. The van der Waals surface area contributed by atoms with E-state index in [1.807, 2.05) is 37.4 Å². The summed E-state index contributed by atoms with van der Waals surface area (Å²) in [6.45, 7) is 3.70. The van der Waals surface area contributed by atoms with Gasteiger partial charge in [-0.3, -0.25) is 13.9 Å². The molecule has 1 atom stereocenters. The molecule has 0 saturated heterocycles. The number of aliphatic carboxylic acids is 1. The number of carbonyl (C=O) groups is 1. The van der Waals surface area contributed by atoms with Crippen molar-refractivity contribution in [1.29, 1.82) is 0 Å². The molecule has 3 rings (SSSR count). The van der Waals surface area contributed by atoms with E-state index in [9.17, 15) is 14.7 Å². The van der Waals surface area contributed by atoms with Gasteiger partial charge in [0, 0.05) is 5.69 Å². The summed E-state index contributed by atoms with van der Waals surface area (Å²) in [7, 11) is 0. The zero-order chi connectivity index (χ0) is 19.0. The third kappa shape index (κ3) is 3.10. The summed E-state index contributed by atoms with van der Waals surface area (Å²) in [5.74, 6) is -1.09. The van der Waals surface area contributed by atoms with Crippen molar-refractivity contribution in [3.05, 3.63) is 45.0 Å². The highest BCUT2D eigenvalue weighted by Gasteiger charge is 2.25. The zero-order valence-corrected chi connectivity index (χ0v) is 16.9. The molecule has 0 radical (unpaired) electrons. The van der Waals surface area contributed by atoms with Gasteiger partial charge in [-0.15, -0.1) is 0 Å². The van der Waals surface area contributed by atoms with Crippen LogP contribution in [-0.2, 0) is 4.79 Å². The van der Waals surface area contributed by atoms with Gasteiger partial charge < -0.3 is 5.11 Å². The Morgan fingerprint density at radius 2 is 2.04 bits per heavy atom. The van der Waals surface area contributed by atoms with Crippen molar-refractivity contribution in [2.24, 2.45) is 0 Å². The number of rotatable bonds is 5. The van der Waals surface area contributed by atoms with Gasteiger partial charge in [0.15, 0.2) is 14.6 Å². The maximum atomic E-state index is 13.0. The molecule has 136 valence electrons. The van der Waals surface area contributed by atoms with Crippen molar-refractivity contribution in [2.75, 3.05) is 6.26 Å². The van der Waals surface area contributed by atoms with E-state index < -0.39 is 17.6 Å². The highest BCUT2D eigenvalue weighted by atomic mass is 32.2. The fourth-order valence-corrected chi connectivity index (χ4v) is 4.76. The fraction of sp³-hybridized carbons (Fsp3) is 0.294. The van der Waals surface area contributed by atoms with Crippen molar-refractivity contribution < 1.29 is 9.90 Å². The minimum Gasteiger partial charge on any atom is -0.480 e. The predicted octanol–water partition coefficient (Wildman–Crippen LogP) is 4.04. The van der Waals surface area contributed by atoms with Crippen LogP contribution in [-0.4, -0.2) is 31.4 Å². The van der Waals surface area contributed by atoms with Crippen molar-refractivity contribution in [2.45, 2.75) is 30.6 Å². The van der Waals surface area contributed by atoms with Gasteiger partial charge in [-0.25, -0.2) is 9.78 Å². The summed E-state index contributed by atoms with van der Waals surface area (Å²) in [6.07, 6.45) is 2.13. The molecule has 26 heavy (non-hydrogen) atoms. The highest BCUT2D eigenvalue weighted by Crippen LogP contribution is 2.29. The van der Waals surface area contributed by atoms with Crippen LogP contribution in [0.4, 0.5) is 0 Å². The lowest BCUT2D eigenvalue weighted by Gasteiger charge is -2.18. The molecule has 2 heterocycles. The monoisotopic (exact) mass is 407 g/mol. The molecule has 6 nitrogen and oxygen atoms in total. The first kappa shape index (κ1) is 18.8. The molecular formula is C17H17N3O3S3. The second-order valence-corrected chi connectivity index (χ2v) is 8.12. The number of carboxylic acid groups (broad SMARTS) is 1. The van der Waals surface area contributed by atoms with Crippen LogP contribution in [0.2, 0.25) is 0 Å². The van der Waals surface area contributed by atoms with Gasteiger partial charge in [0.25, 0.3) is 5.56 Å². The van der Waals surface area contributed by atoms with Crippen molar-refractivity contribution in [3.8, 4) is 5.69 Å². The number of benzene rings is 1. The van der Waals surface area contributed by atoms with Gasteiger partial charge in [0.05, 0.1) is 0 Å². The highest BCUT2D eigenvalue weighted by molar-refractivity contribution is 8.00. The molecular weight excluding hydrogens is 390 g/mol. The smallest absolute Gasteiger partial charge is 0.326 e. The van der Waals surface area contributed by atoms with E-state index in [1.54, 1.807) is 11.5 Å². The first-order valence-corrected chi connectivity index (χ1v) is 10.4. The Labute approximate surface area is 163 Å². The van der Waals surface area contributed by atoms with Crippen LogP contribution in [0.25, 0.3) is 16.0 Å². The normalized spacial score (nSPS) is 12.4. The number of fused-ring (bicyclic) bond motifs is 1. The first-order chi connectivity index (χ1) is 12.4. The number of aryl methyl sites for hydroxylation is 1. The molecule has 3 aromatic rings. The Hall–Kier alpha value is -1.97. The molecule has 0 fully saturated rings. The average Bonchev–Trinajstić information content (AvgIpc) is 3.04. The number of thioether (sulfide) groups is 1. The van der Waals surface area contributed by atoms with Crippen LogP contribution in [0.5, 0.6) is 0 Å². The van der Waals surface area contributed by atoms with Crippen molar-refractivity contribution in [3.63, 3.8) is 0 Å². The van der Waals surface area contributed by atoms with Crippen LogP contribution in [0, 0.1) is 11.7 Å². The Kier molecular flexibility index (Phi) is 5.31. The second-order valence-electron chi connectivity index (χ2n) is 5.73. The molecule has 0 amide bonds. The summed E-state index contributed by atoms with van der Waals surface area (Å²) in [5.41, 5.74) is 1.65. The number of carboxylic acids is 1. The maximum absolute atomic E-state index is 13.0. The van der Waals surface area contributed by atoms with Crippen LogP contribution < -0.4 is 5.56 Å². The fourth-order valence-electron chi connectivity index (χ4n) is 2.73. The molecule has 0 aliphatic rings. The molecule has 0 bridgehead atoms. The second kappa shape index (κ2) is 7.34. The van der Waals surface area contributed by atoms with Gasteiger partial charge in [-0.1, -0.05) is 47.7 Å². The van der Waals surface area contributed by atoms with E-state index in [0.29, 0.717) is 4.83 Å². The molecule has 0 aliphatic carbocycles. The SMILES string of the molecule is CCC(C(=O)O)n1c(=O)c2nc(SC)sc2n(-c2ccc(C)cc2)c1=S.